The molecule has 1 fully saturated rings. The van der Waals surface area contributed by atoms with Crippen LogP contribution in [0.3, 0.4) is 0 Å². The number of carbonyl (C=O) groups is 1. The fraction of sp³-hybridized carbons (Fsp3) is 0.900. The van der Waals surface area contributed by atoms with E-state index in [-0.39, 0.29) is 12.0 Å². The summed E-state index contributed by atoms with van der Waals surface area (Å²) < 4.78 is 0. The molecule has 1 aliphatic carbocycles. The molecule has 76 valence electrons. The Bertz CT molecular complexity index is 189. The third kappa shape index (κ3) is 2.99. The highest BCUT2D eigenvalue weighted by molar-refractivity contribution is 5.68. The van der Waals surface area contributed by atoms with Crippen molar-refractivity contribution >= 4 is 5.97 Å². The van der Waals surface area contributed by atoms with Crippen LogP contribution in [0.2, 0.25) is 0 Å². The molecule has 0 bridgehead atoms. The van der Waals surface area contributed by atoms with Gasteiger partial charge in [0.05, 0.1) is 6.42 Å². The van der Waals surface area contributed by atoms with E-state index in [1.807, 2.05) is 6.92 Å². The van der Waals surface area contributed by atoms with Crippen molar-refractivity contribution < 1.29 is 9.90 Å². The van der Waals surface area contributed by atoms with Gasteiger partial charge in [0.2, 0.25) is 0 Å². The van der Waals surface area contributed by atoms with E-state index in [2.05, 4.69) is 12.2 Å². The maximum atomic E-state index is 10.7. The number of hydrogen-bond donors (Lipinski definition) is 2. The van der Waals surface area contributed by atoms with Gasteiger partial charge in [-0.3, -0.25) is 4.79 Å². The molecule has 0 radical (unpaired) electrons. The predicted octanol–water partition coefficient (Wildman–Crippen LogP) is 1.63. The second-order valence-electron chi connectivity index (χ2n) is 4.19. The highest BCUT2D eigenvalue weighted by Gasteiger charge is 2.42. The molecule has 2 N–H and O–H groups in total. The zero-order chi connectivity index (χ0) is 9.90. The summed E-state index contributed by atoms with van der Waals surface area (Å²) in [5.41, 5.74) is -0.165. The fourth-order valence-corrected chi connectivity index (χ4v) is 1.80. The van der Waals surface area contributed by atoms with Crippen LogP contribution in [0, 0.1) is 5.92 Å². The molecule has 3 heteroatoms. The molecule has 1 rings (SSSR count). The summed E-state index contributed by atoms with van der Waals surface area (Å²) in [7, 11) is 0. The zero-order valence-electron chi connectivity index (χ0n) is 8.47. The van der Waals surface area contributed by atoms with Gasteiger partial charge in [-0.05, 0) is 38.6 Å². The van der Waals surface area contributed by atoms with Crippen LogP contribution in [-0.4, -0.2) is 23.2 Å². The number of carboxylic acids is 1. The molecule has 3 nitrogen and oxygen atoms in total. The predicted molar refractivity (Wildman–Crippen MR) is 51.7 cm³/mol. The van der Waals surface area contributed by atoms with Crippen LogP contribution in [0.1, 0.15) is 39.5 Å². The third-order valence-corrected chi connectivity index (χ3v) is 2.78. The Morgan fingerprint density at radius 1 is 1.62 bits per heavy atom. The Balaban J connectivity index is 2.46. The first-order valence-corrected chi connectivity index (χ1v) is 5.05. The highest BCUT2D eigenvalue weighted by atomic mass is 16.4. The Hall–Kier alpha value is -0.570. The molecule has 0 aliphatic heterocycles. The fourth-order valence-electron chi connectivity index (χ4n) is 1.80. The third-order valence-electron chi connectivity index (χ3n) is 2.78. The Morgan fingerprint density at radius 2 is 2.23 bits per heavy atom. The average molecular weight is 185 g/mol. The van der Waals surface area contributed by atoms with Crippen molar-refractivity contribution in [3.8, 4) is 0 Å². The first-order chi connectivity index (χ1) is 6.08. The topological polar surface area (TPSA) is 49.3 Å². The van der Waals surface area contributed by atoms with Crippen LogP contribution in [0.25, 0.3) is 0 Å². The monoisotopic (exact) mass is 185 g/mol. The number of nitrogens with one attached hydrogen (secondary N) is 1. The molecule has 1 unspecified atom stereocenters. The molecule has 0 aromatic rings. The van der Waals surface area contributed by atoms with Gasteiger partial charge in [0.15, 0.2) is 0 Å². The minimum absolute atomic E-state index is 0.165. The zero-order valence-corrected chi connectivity index (χ0v) is 8.47. The lowest BCUT2D eigenvalue weighted by Crippen LogP contribution is -2.46. The molecular weight excluding hydrogens is 166 g/mol. The van der Waals surface area contributed by atoms with Crippen molar-refractivity contribution in [2.45, 2.75) is 45.1 Å². The second kappa shape index (κ2) is 4.09. The largest absolute Gasteiger partial charge is 0.481 e. The minimum Gasteiger partial charge on any atom is -0.481 e. The molecule has 0 saturated heterocycles. The Morgan fingerprint density at radius 3 is 2.62 bits per heavy atom. The molecule has 0 amide bonds. The number of rotatable bonds is 6. The van der Waals surface area contributed by atoms with Crippen LogP contribution < -0.4 is 5.32 Å². The number of carboxylic acid groups (broad SMARTS) is 1. The van der Waals surface area contributed by atoms with Crippen LogP contribution in [0.5, 0.6) is 0 Å². The molecule has 13 heavy (non-hydrogen) atoms. The highest BCUT2D eigenvalue weighted by Crippen LogP contribution is 2.41. The van der Waals surface area contributed by atoms with Crippen LogP contribution in [-0.2, 0) is 4.79 Å². The quantitative estimate of drug-likeness (QED) is 0.661. The van der Waals surface area contributed by atoms with Gasteiger partial charge in [-0.25, -0.2) is 0 Å². The lowest BCUT2D eigenvalue weighted by molar-refractivity contribution is -0.138. The van der Waals surface area contributed by atoms with Crippen molar-refractivity contribution in [2.24, 2.45) is 5.92 Å². The summed E-state index contributed by atoms with van der Waals surface area (Å²) in [4.78, 5) is 10.7. The van der Waals surface area contributed by atoms with E-state index in [0.29, 0.717) is 5.92 Å². The van der Waals surface area contributed by atoms with E-state index in [1.165, 1.54) is 12.8 Å². The lowest BCUT2D eigenvalue weighted by atomic mass is 9.91. The van der Waals surface area contributed by atoms with E-state index >= 15 is 0 Å². The Labute approximate surface area is 79.5 Å². The van der Waals surface area contributed by atoms with Gasteiger partial charge >= 0.3 is 5.97 Å². The molecule has 0 heterocycles. The molecule has 1 saturated carbocycles. The normalized spacial score (nSPS) is 21.1. The van der Waals surface area contributed by atoms with E-state index in [1.54, 1.807) is 0 Å². The van der Waals surface area contributed by atoms with Crippen molar-refractivity contribution in [1.82, 2.24) is 5.32 Å². The summed E-state index contributed by atoms with van der Waals surface area (Å²) in [5, 5.41) is 12.1. The summed E-state index contributed by atoms with van der Waals surface area (Å²) in [6, 6.07) is 0. The van der Waals surface area contributed by atoms with Crippen LogP contribution in [0.4, 0.5) is 0 Å². The first kappa shape index (κ1) is 10.5. The average Bonchev–Trinajstić information content (AvgIpc) is 2.81. The number of hydrogen-bond acceptors (Lipinski definition) is 2. The van der Waals surface area contributed by atoms with Crippen molar-refractivity contribution in [1.29, 1.82) is 0 Å². The second-order valence-corrected chi connectivity index (χ2v) is 4.19. The summed E-state index contributed by atoms with van der Waals surface area (Å²) in [5.74, 6) is -0.117. The maximum absolute atomic E-state index is 10.7. The van der Waals surface area contributed by atoms with Gasteiger partial charge in [0.25, 0.3) is 0 Å². The molecule has 0 spiro atoms. The van der Waals surface area contributed by atoms with Crippen LogP contribution in [0.15, 0.2) is 0 Å². The maximum Gasteiger partial charge on any atom is 0.305 e. The molecule has 1 atom stereocenters. The van der Waals surface area contributed by atoms with Crippen molar-refractivity contribution in [2.75, 3.05) is 6.54 Å². The van der Waals surface area contributed by atoms with Gasteiger partial charge in [-0.15, -0.1) is 0 Å². The van der Waals surface area contributed by atoms with Gasteiger partial charge < -0.3 is 10.4 Å². The van der Waals surface area contributed by atoms with E-state index in [4.69, 9.17) is 5.11 Å². The summed E-state index contributed by atoms with van der Waals surface area (Å²) >= 11 is 0. The van der Waals surface area contributed by atoms with E-state index < -0.39 is 5.97 Å². The SMILES string of the molecule is CCCNC(C)(CC(=O)O)C1CC1. The molecule has 0 aromatic heterocycles. The number of aliphatic carboxylic acids is 1. The molecule has 1 aliphatic rings. The van der Waals surface area contributed by atoms with E-state index in [9.17, 15) is 4.79 Å². The van der Waals surface area contributed by atoms with Crippen molar-refractivity contribution in [3.63, 3.8) is 0 Å². The minimum atomic E-state index is -0.696. The molecular formula is C10H19NO2. The van der Waals surface area contributed by atoms with Crippen molar-refractivity contribution in [3.05, 3.63) is 0 Å². The van der Waals surface area contributed by atoms with E-state index in [0.717, 1.165) is 13.0 Å². The first-order valence-electron chi connectivity index (χ1n) is 5.05. The smallest absolute Gasteiger partial charge is 0.305 e. The van der Waals surface area contributed by atoms with Gasteiger partial charge in [0.1, 0.15) is 0 Å². The molecule has 0 aromatic carbocycles. The van der Waals surface area contributed by atoms with Gasteiger partial charge in [0, 0.05) is 5.54 Å². The van der Waals surface area contributed by atoms with Gasteiger partial charge in [-0.2, -0.15) is 0 Å². The lowest BCUT2D eigenvalue weighted by Gasteiger charge is -2.29. The van der Waals surface area contributed by atoms with Crippen LogP contribution >= 0.6 is 0 Å². The van der Waals surface area contributed by atoms with Gasteiger partial charge in [-0.1, -0.05) is 6.92 Å². The summed E-state index contributed by atoms with van der Waals surface area (Å²) in [6.45, 7) is 5.05. The standard InChI is InChI=1S/C10H19NO2/c1-3-6-11-10(2,7-9(12)13)8-4-5-8/h8,11H,3-7H2,1-2H3,(H,12,13). The Kier molecular flexibility index (Phi) is 3.31. The summed E-state index contributed by atoms with van der Waals surface area (Å²) in [6.07, 6.45) is 3.67.